The highest BCUT2D eigenvalue weighted by Gasteiger charge is 2.20. The molecule has 0 fully saturated rings. The van der Waals surface area contributed by atoms with Gasteiger partial charge >= 0.3 is 0 Å². The van der Waals surface area contributed by atoms with Crippen LogP contribution in [0, 0.1) is 0 Å². The first-order valence-electron chi connectivity index (χ1n) is 4.36. The van der Waals surface area contributed by atoms with Crippen molar-refractivity contribution in [3.8, 4) is 5.75 Å². The van der Waals surface area contributed by atoms with Crippen molar-refractivity contribution in [3.63, 3.8) is 0 Å². The van der Waals surface area contributed by atoms with Crippen LogP contribution in [0.15, 0.2) is 10.5 Å². The van der Waals surface area contributed by atoms with Gasteiger partial charge in [0.2, 0.25) is 0 Å². The monoisotopic (exact) mass is 260 g/mol. The smallest absolute Gasteiger partial charge is 0.142 e. The van der Waals surface area contributed by atoms with Crippen LogP contribution in [-0.2, 0) is 12.8 Å². The summed E-state index contributed by atoms with van der Waals surface area (Å²) >= 11 is 9.71. The number of hydrogen-bond acceptors (Lipinski definition) is 1. The maximum Gasteiger partial charge on any atom is 0.142 e. The summed E-state index contributed by atoms with van der Waals surface area (Å²) in [4.78, 5) is 0. The van der Waals surface area contributed by atoms with Gasteiger partial charge in [-0.05, 0) is 18.1 Å². The molecule has 0 bridgehead atoms. The Labute approximate surface area is 91.2 Å². The summed E-state index contributed by atoms with van der Waals surface area (Å²) in [6, 6.07) is 2.09. The Bertz CT molecular complexity index is 349. The van der Waals surface area contributed by atoms with Crippen molar-refractivity contribution >= 4 is 27.5 Å². The van der Waals surface area contributed by atoms with Crippen LogP contribution < -0.4 is 4.74 Å². The fraction of sp³-hybridized carbons (Fsp3) is 0.400. The van der Waals surface area contributed by atoms with E-state index in [2.05, 4.69) is 28.9 Å². The van der Waals surface area contributed by atoms with Gasteiger partial charge in [0.15, 0.2) is 0 Å². The molecular formula is C10H10BrClO. The summed E-state index contributed by atoms with van der Waals surface area (Å²) < 4.78 is 6.62. The van der Waals surface area contributed by atoms with E-state index in [1.165, 1.54) is 5.56 Å². The van der Waals surface area contributed by atoms with E-state index in [9.17, 15) is 0 Å². The molecule has 1 aliphatic heterocycles. The zero-order valence-corrected chi connectivity index (χ0v) is 9.70. The largest absolute Gasteiger partial charge is 0.491 e. The highest BCUT2D eigenvalue weighted by atomic mass is 79.9. The summed E-state index contributed by atoms with van der Waals surface area (Å²) in [5.41, 5.74) is 2.36. The minimum atomic E-state index is 0.751. The first kappa shape index (κ1) is 9.35. The van der Waals surface area contributed by atoms with Gasteiger partial charge in [0.25, 0.3) is 0 Å². The summed E-state index contributed by atoms with van der Waals surface area (Å²) in [6.45, 7) is 2.84. The molecule has 0 N–H and O–H groups in total. The van der Waals surface area contributed by atoms with Gasteiger partial charge in [0.1, 0.15) is 5.75 Å². The lowest BCUT2D eigenvalue weighted by Crippen LogP contribution is -1.89. The Balaban J connectivity index is 2.62. The third-order valence-electron chi connectivity index (χ3n) is 2.32. The van der Waals surface area contributed by atoms with E-state index in [4.69, 9.17) is 16.3 Å². The number of fused-ring (bicyclic) bond motifs is 1. The van der Waals surface area contributed by atoms with Crippen LogP contribution in [0.3, 0.4) is 0 Å². The lowest BCUT2D eigenvalue weighted by molar-refractivity contribution is 0.356. The third kappa shape index (κ3) is 1.46. The second-order valence-electron chi connectivity index (χ2n) is 3.09. The van der Waals surface area contributed by atoms with Crippen molar-refractivity contribution in [1.82, 2.24) is 0 Å². The molecule has 1 heterocycles. The van der Waals surface area contributed by atoms with Gasteiger partial charge in [0, 0.05) is 16.5 Å². The number of halogens is 2. The van der Waals surface area contributed by atoms with Gasteiger partial charge in [-0.15, -0.1) is 0 Å². The van der Waals surface area contributed by atoms with Crippen molar-refractivity contribution in [2.24, 2.45) is 0 Å². The van der Waals surface area contributed by atoms with Crippen LogP contribution in [-0.4, -0.2) is 6.61 Å². The maximum atomic E-state index is 6.18. The van der Waals surface area contributed by atoms with Crippen molar-refractivity contribution in [3.05, 3.63) is 26.7 Å². The molecule has 70 valence electrons. The third-order valence-corrected chi connectivity index (χ3v) is 3.45. The predicted octanol–water partition coefficient (Wildman–Crippen LogP) is 3.60. The standard InChI is InChI=1S/C10H10BrClO/c1-2-6-5-8(11)7-3-4-13-10(7)9(6)12/h5H,2-4H2,1H3. The average Bonchev–Trinajstić information content (AvgIpc) is 2.60. The summed E-state index contributed by atoms with van der Waals surface area (Å²) in [6.07, 6.45) is 1.90. The van der Waals surface area contributed by atoms with Crippen LogP contribution in [0.5, 0.6) is 5.75 Å². The molecule has 13 heavy (non-hydrogen) atoms. The topological polar surface area (TPSA) is 9.23 Å². The van der Waals surface area contributed by atoms with E-state index >= 15 is 0 Å². The zero-order chi connectivity index (χ0) is 9.42. The van der Waals surface area contributed by atoms with Gasteiger partial charge in [0.05, 0.1) is 11.6 Å². The van der Waals surface area contributed by atoms with E-state index < -0.39 is 0 Å². The summed E-state index contributed by atoms with van der Waals surface area (Å²) in [5.74, 6) is 0.882. The number of ether oxygens (including phenoxy) is 1. The number of rotatable bonds is 1. The highest BCUT2D eigenvalue weighted by molar-refractivity contribution is 9.10. The molecule has 1 aromatic rings. The molecule has 1 aliphatic rings. The molecule has 1 nitrogen and oxygen atoms in total. The molecule has 0 amide bonds. The second-order valence-corrected chi connectivity index (χ2v) is 4.32. The van der Waals surface area contributed by atoms with E-state index in [0.717, 1.165) is 40.3 Å². The molecule has 0 unspecified atom stereocenters. The predicted molar refractivity (Wildman–Crippen MR) is 57.7 cm³/mol. The first-order valence-corrected chi connectivity index (χ1v) is 5.53. The van der Waals surface area contributed by atoms with Gasteiger partial charge in [-0.1, -0.05) is 34.5 Å². The minimum Gasteiger partial charge on any atom is -0.491 e. The minimum absolute atomic E-state index is 0.751. The molecular weight excluding hydrogens is 251 g/mol. The van der Waals surface area contributed by atoms with E-state index in [1.54, 1.807) is 0 Å². The molecule has 3 heteroatoms. The highest BCUT2D eigenvalue weighted by Crippen LogP contribution is 2.40. The molecule has 0 saturated carbocycles. The lowest BCUT2D eigenvalue weighted by Gasteiger charge is -2.08. The molecule has 1 aromatic carbocycles. The van der Waals surface area contributed by atoms with Crippen molar-refractivity contribution in [1.29, 1.82) is 0 Å². The number of aryl methyl sites for hydroxylation is 1. The SMILES string of the molecule is CCc1cc(Br)c2c(c1Cl)OCC2. The zero-order valence-electron chi connectivity index (χ0n) is 7.36. The maximum absolute atomic E-state index is 6.18. The van der Waals surface area contributed by atoms with Gasteiger partial charge in [-0.3, -0.25) is 0 Å². The van der Waals surface area contributed by atoms with Gasteiger partial charge in [-0.25, -0.2) is 0 Å². The Morgan fingerprint density at radius 3 is 3.08 bits per heavy atom. The lowest BCUT2D eigenvalue weighted by atomic mass is 10.1. The first-order chi connectivity index (χ1) is 6.24. The van der Waals surface area contributed by atoms with Crippen molar-refractivity contribution in [2.75, 3.05) is 6.61 Å². The molecule has 0 aliphatic carbocycles. The Kier molecular flexibility index (Phi) is 2.52. The van der Waals surface area contributed by atoms with Gasteiger partial charge in [-0.2, -0.15) is 0 Å². The van der Waals surface area contributed by atoms with Crippen LogP contribution in [0.4, 0.5) is 0 Å². The fourth-order valence-corrected chi connectivity index (χ4v) is 2.60. The molecule has 0 saturated heterocycles. The molecule has 0 aromatic heterocycles. The quantitative estimate of drug-likeness (QED) is 0.750. The second kappa shape index (κ2) is 3.50. The molecule has 0 radical (unpaired) electrons. The summed E-state index contributed by atoms with van der Waals surface area (Å²) in [7, 11) is 0. The van der Waals surface area contributed by atoms with E-state index in [-0.39, 0.29) is 0 Å². The fourth-order valence-electron chi connectivity index (χ4n) is 1.59. The van der Waals surface area contributed by atoms with E-state index in [1.807, 2.05) is 0 Å². The molecule has 2 rings (SSSR count). The van der Waals surface area contributed by atoms with Crippen molar-refractivity contribution in [2.45, 2.75) is 19.8 Å². The number of benzene rings is 1. The van der Waals surface area contributed by atoms with Crippen LogP contribution >= 0.6 is 27.5 Å². The van der Waals surface area contributed by atoms with Crippen LogP contribution in [0.1, 0.15) is 18.1 Å². The summed E-state index contributed by atoms with van der Waals surface area (Å²) in [5, 5.41) is 0.790. The normalized spacial score (nSPS) is 14.1. The van der Waals surface area contributed by atoms with Crippen LogP contribution in [0.2, 0.25) is 5.02 Å². The molecule has 0 spiro atoms. The number of hydrogen-bond donors (Lipinski definition) is 0. The Morgan fingerprint density at radius 2 is 2.38 bits per heavy atom. The Hall–Kier alpha value is -0.210. The van der Waals surface area contributed by atoms with Gasteiger partial charge < -0.3 is 4.74 Å². The average molecular weight is 262 g/mol. The van der Waals surface area contributed by atoms with Crippen molar-refractivity contribution < 1.29 is 4.74 Å². The van der Waals surface area contributed by atoms with E-state index in [0.29, 0.717) is 0 Å². The Morgan fingerprint density at radius 1 is 1.62 bits per heavy atom. The van der Waals surface area contributed by atoms with Crippen LogP contribution in [0.25, 0.3) is 0 Å². The molecule has 0 atom stereocenters.